The normalized spacial score (nSPS) is 12.3. The van der Waals surface area contributed by atoms with Crippen LogP contribution in [0.25, 0.3) is 32.7 Å². The third-order valence-corrected chi connectivity index (χ3v) is 6.94. The Morgan fingerprint density at radius 1 is 0.732 bits per heavy atom. The summed E-state index contributed by atoms with van der Waals surface area (Å²) in [6.07, 6.45) is -7.60. The number of fused-ring (bicyclic) bond motifs is 2. The predicted molar refractivity (Wildman–Crippen MR) is 142 cm³/mol. The van der Waals surface area contributed by atoms with Crippen molar-refractivity contribution in [2.45, 2.75) is 32.1 Å². The summed E-state index contributed by atoms with van der Waals surface area (Å²) in [6, 6.07) is 13.2. The molecule has 0 saturated carbocycles. The Labute approximate surface area is 233 Å². The van der Waals surface area contributed by atoms with Crippen molar-refractivity contribution in [3.05, 3.63) is 112 Å². The van der Waals surface area contributed by atoms with Gasteiger partial charge in [-0.1, -0.05) is 49.2 Å². The lowest BCUT2D eigenvalue weighted by atomic mass is 9.97. The monoisotopic (exact) mass is 594 g/mol. The van der Waals surface area contributed by atoms with Crippen LogP contribution < -0.4 is 4.74 Å². The first-order valence-electron chi connectivity index (χ1n) is 12.4. The lowest BCUT2D eigenvalue weighted by molar-refractivity contribution is -0.187. The minimum absolute atomic E-state index is 0.0374. The molecule has 0 saturated heterocycles. The number of aryl methyl sites for hydroxylation is 1. The van der Waals surface area contributed by atoms with E-state index in [4.69, 9.17) is 16.3 Å². The van der Waals surface area contributed by atoms with Gasteiger partial charge < -0.3 is 4.74 Å². The molecule has 5 aromatic carbocycles. The zero-order chi connectivity index (χ0) is 29.7. The number of ether oxygens (including phenoxy) is 1. The maximum absolute atomic E-state index is 15.1. The fourth-order valence-electron chi connectivity index (χ4n) is 4.70. The molecule has 0 aromatic heterocycles. The first-order chi connectivity index (χ1) is 19.3. The van der Waals surface area contributed by atoms with Crippen LogP contribution in [0.5, 0.6) is 5.75 Å². The van der Waals surface area contributed by atoms with Gasteiger partial charge in [-0.25, -0.2) is 13.2 Å². The molecule has 5 rings (SSSR count). The molecule has 1 nitrogen and oxygen atoms in total. The molecule has 0 aliphatic carbocycles. The van der Waals surface area contributed by atoms with Crippen LogP contribution in [0, 0.1) is 17.5 Å². The van der Waals surface area contributed by atoms with Crippen LogP contribution in [-0.4, -0.2) is 0 Å². The molecular formula is C31H19ClF8O. The standard InChI is InChI=1S/C31H19ClF8O/c1-2-3-16-10-25(32)27(26(33)11-16)20-5-4-19-15-24(29(35)28(34)23(19)14-20)31(39,40)41-22-9-7-17-12-21(30(36,37)38)8-6-18(17)13-22/h4-15H,2-3H2,1H3. The van der Waals surface area contributed by atoms with Gasteiger partial charge in [0, 0.05) is 10.9 Å². The van der Waals surface area contributed by atoms with Crippen molar-refractivity contribution in [3.63, 3.8) is 0 Å². The quantitative estimate of drug-likeness (QED) is 0.178. The molecule has 0 bridgehead atoms. The Morgan fingerprint density at radius 3 is 2.10 bits per heavy atom. The molecule has 0 radical (unpaired) electrons. The smallest absolute Gasteiger partial charge is 0.429 e. The van der Waals surface area contributed by atoms with Gasteiger partial charge in [-0.2, -0.15) is 22.0 Å². The second-order valence-electron chi connectivity index (χ2n) is 9.51. The third kappa shape index (κ3) is 5.55. The molecule has 0 spiro atoms. The summed E-state index contributed by atoms with van der Waals surface area (Å²) < 4.78 is 119. The average Bonchev–Trinajstić information content (AvgIpc) is 2.89. The molecule has 0 aliphatic rings. The van der Waals surface area contributed by atoms with Crippen molar-refractivity contribution >= 4 is 33.1 Å². The zero-order valence-corrected chi connectivity index (χ0v) is 21.9. The van der Waals surface area contributed by atoms with Crippen molar-refractivity contribution in [1.29, 1.82) is 0 Å². The van der Waals surface area contributed by atoms with E-state index in [0.29, 0.717) is 12.0 Å². The first-order valence-corrected chi connectivity index (χ1v) is 12.7. The van der Waals surface area contributed by atoms with E-state index in [0.717, 1.165) is 55.0 Å². The fourth-order valence-corrected chi connectivity index (χ4v) is 5.04. The number of hydrogen-bond acceptors (Lipinski definition) is 1. The van der Waals surface area contributed by atoms with E-state index >= 15 is 17.6 Å². The molecule has 0 amide bonds. The van der Waals surface area contributed by atoms with E-state index in [2.05, 4.69) is 0 Å². The molecule has 0 aliphatic heterocycles. The maximum atomic E-state index is 15.1. The second-order valence-corrected chi connectivity index (χ2v) is 9.92. The molecular weight excluding hydrogens is 576 g/mol. The lowest BCUT2D eigenvalue weighted by Gasteiger charge is -2.20. The third-order valence-electron chi connectivity index (χ3n) is 6.65. The van der Waals surface area contributed by atoms with Gasteiger partial charge in [-0.3, -0.25) is 0 Å². The molecule has 5 aromatic rings. The van der Waals surface area contributed by atoms with E-state index in [1.54, 1.807) is 6.07 Å². The van der Waals surface area contributed by atoms with Crippen molar-refractivity contribution < 1.29 is 39.9 Å². The van der Waals surface area contributed by atoms with Gasteiger partial charge in [0.25, 0.3) is 0 Å². The van der Waals surface area contributed by atoms with Crippen LogP contribution in [0.1, 0.15) is 30.0 Å². The van der Waals surface area contributed by atoms with Crippen LogP contribution in [0.3, 0.4) is 0 Å². The molecule has 41 heavy (non-hydrogen) atoms. The summed E-state index contributed by atoms with van der Waals surface area (Å²) in [5.41, 5.74) is -1.55. The average molecular weight is 595 g/mol. The van der Waals surface area contributed by atoms with E-state index in [9.17, 15) is 17.6 Å². The van der Waals surface area contributed by atoms with Crippen molar-refractivity contribution in [2.75, 3.05) is 0 Å². The minimum Gasteiger partial charge on any atom is -0.429 e. The topological polar surface area (TPSA) is 9.23 Å². The number of benzene rings is 5. The molecule has 0 heterocycles. The van der Waals surface area contributed by atoms with Crippen LogP contribution in [-0.2, 0) is 18.7 Å². The summed E-state index contributed by atoms with van der Waals surface area (Å²) in [6.45, 7) is 1.92. The molecule has 212 valence electrons. The number of rotatable bonds is 6. The van der Waals surface area contributed by atoms with Crippen molar-refractivity contribution in [3.8, 4) is 16.9 Å². The highest BCUT2D eigenvalue weighted by atomic mass is 35.5. The van der Waals surface area contributed by atoms with Crippen LogP contribution in [0.2, 0.25) is 5.02 Å². The summed E-state index contributed by atoms with van der Waals surface area (Å²) >= 11 is 6.28. The van der Waals surface area contributed by atoms with Crippen molar-refractivity contribution in [2.24, 2.45) is 0 Å². The first kappa shape index (κ1) is 28.7. The fraction of sp³-hybridized carbons (Fsp3) is 0.161. The Balaban J connectivity index is 1.50. The van der Waals surface area contributed by atoms with Crippen LogP contribution in [0.15, 0.2) is 72.8 Å². The Bertz CT molecular complexity index is 1770. The minimum atomic E-state index is -4.59. The highest BCUT2D eigenvalue weighted by molar-refractivity contribution is 6.33. The van der Waals surface area contributed by atoms with Crippen LogP contribution in [0.4, 0.5) is 35.1 Å². The number of halogens is 9. The van der Waals surface area contributed by atoms with Gasteiger partial charge in [0.05, 0.1) is 10.6 Å². The molecule has 0 fully saturated rings. The summed E-state index contributed by atoms with van der Waals surface area (Å²) in [5.74, 6) is -4.61. The predicted octanol–water partition coefficient (Wildman–Crippen LogP) is 10.8. The molecule has 10 heteroatoms. The summed E-state index contributed by atoms with van der Waals surface area (Å²) in [7, 11) is 0. The molecule has 0 atom stereocenters. The second kappa shape index (κ2) is 10.5. The zero-order valence-electron chi connectivity index (χ0n) is 21.2. The number of hydrogen-bond donors (Lipinski definition) is 0. The van der Waals surface area contributed by atoms with E-state index in [-0.39, 0.29) is 37.7 Å². The van der Waals surface area contributed by atoms with E-state index in [1.165, 1.54) is 18.2 Å². The maximum Gasteiger partial charge on any atom is 0.429 e. The van der Waals surface area contributed by atoms with Gasteiger partial charge in [0.15, 0.2) is 11.6 Å². The Hall–Kier alpha value is -3.85. The summed E-state index contributed by atoms with van der Waals surface area (Å²) in [4.78, 5) is 0. The lowest BCUT2D eigenvalue weighted by Crippen LogP contribution is -2.24. The van der Waals surface area contributed by atoms with Gasteiger partial charge >= 0.3 is 12.3 Å². The Morgan fingerprint density at radius 2 is 1.41 bits per heavy atom. The Kier molecular flexibility index (Phi) is 7.36. The van der Waals surface area contributed by atoms with E-state index in [1.807, 2.05) is 6.92 Å². The van der Waals surface area contributed by atoms with Crippen LogP contribution >= 0.6 is 11.6 Å². The van der Waals surface area contributed by atoms with Gasteiger partial charge in [-0.15, -0.1) is 0 Å². The van der Waals surface area contributed by atoms with E-state index < -0.39 is 46.6 Å². The highest BCUT2D eigenvalue weighted by Gasteiger charge is 2.40. The SMILES string of the molecule is CCCc1cc(F)c(-c2ccc3cc(C(F)(F)Oc4ccc5cc(C(F)(F)F)ccc5c4)c(F)c(F)c3c2)c(Cl)c1. The summed E-state index contributed by atoms with van der Waals surface area (Å²) in [5, 5.41) is -0.138. The number of alkyl halides is 5. The molecule has 0 unspecified atom stereocenters. The van der Waals surface area contributed by atoms with Gasteiger partial charge in [0.1, 0.15) is 17.1 Å². The van der Waals surface area contributed by atoms with Crippen molar-refractivity contribution in [1.82, 2.24) is 0 Å². The van der Waals surface area contributed by atoms with Gasteiger partial charge in [-0.05, 0) is 82.2 Å². The largest absolute Gasteiger partial charge is 0.429 e. The molecule has 0 N–H and O–H groups in total. The van der Waals surface area contributed by atoms with Gasteiger partial charge in [0.2, 0.25) is 0 Å². The highest BCUT2D eigenvalue weighted by Crippen LogP contribution is 2.40.